The molecule has 2 N–H and O–H groups in total. The molecule has 0 aromatic heterocycles. The molecule has 0 heterocycles. The van der Waals surface area contributed by atoms with Crippen molar-refractivity contribution < 1.29 is 19.1 Å². The van der Waals surface area contributed by atoms with Gasteiger partial charge < -0.3 is 20.1 Å². The molecule has 35 heavy (non-hydrogen) atoms. The average molecular weight is 470 g/mol. The molecule has 0 aliphatic carbocycles. The van der Waals surface area contributed by atoms with Gasteiger partial charge in [0.2, 0.25) is 0 Å². The number of hydrogen-bond acceptors (Lipinski definition) is 5. The van der Waals surface area contributed by atoms with E-state index in [2.05, 4.69) is 10.6 Å². The van der Waals surface area contributed by atoms with E-state index in [0.717, 1.165) is 16.7 Å². The monoisotopic (exact) mass is 469 g/mol. The molecule has 3 rings (SSSR count). The molecule has 0 bridgehead atoms. The van der Waals surface area contributed by atoms with Crippen molar-refractivity contribution >= 4 is 29.3 Å². The molecular formula is C28H27N3O4. The van der Waals surface area contributed by atoms with E-state index in [9.17, 15) is 14.9 Å². The number of methoxy groups -OCH3 is 1. The summed E-state index contributed by atoms with van der Waals surface area (Å²) in [5, 5.41) is 15.0. The number of aryl methyl sites for hydroxylation is 3. The van der Waals surface area contributed by atoms with E-state index in [4.69, 9.17) is 9.47 Å². The van der Waals surface area contributed by atoms with Gasteiger partial charge in [0.05, 0.1) is 7.11 Å². The van der Waals surface area contributed by atoms with E-state index in [1.807, 2.05) is 57.2 Å². The molecule has 0 fully saturated rings. The fraction of sp³-hybridized carbons (Fsp3) is 0.179. The zero-order valence-electron chi connectivity index (χ0n) is 20.1. The van der Waals surface area contributed by atoms with Crippen LogP contribution in [0.5, 0.6) is 11.5 Å². The molecule has 2 amide bonds. The number of rotatable bonds is 8. The summed E-state index contributed by atoms with van der Waals surface area (Å²) in [5.74, 6) is -0.0889. The summed E-state index contributed by atoms with van der Waals surface area (Å²) in [6.07, 6.45) is 1.46. The van der Waals surface area contributed by atoms with Crippen LogP contribution in [0.25, 0.3) is 6.08 Å². The van der Waals surface area contributed by atoms with Gasteiger partial charge in [-0.15, -0.1) is 0 Å². The minimum atomic E-state index is -0.515. The fourth-order valence-electron chi connectivity index (χ4n) is 3.20. The van der Waals surface area contributed by atoms with Gasteiger partial charge in [-0.25, -0.2) is 0 Å². The number of carbonyl (C=O) groups excluding carboxylic acids is 2. The van der Waals surface area contributed by atoms with Crippen molar-refractivity contribution in [2.75, 3.05) is 24.4 Å². The SMILES string of the molecule is COc1cc(/C=C(/C#N)C(=O)Nc2ccc(C)cc2)ccc1OCC(=O)Nc1ccc(C)c(C)c1. The maximum Gasteiger partial charge on any atom is 0.266 e. The highest BCUT2D eigenvalue weighted by Gasteiger charge is 2.12. The zero-order valence-corrected chi connectivity index (χ0v) is 20.1. The first-order valence-electron chi connectivity index (χ1n) is 11.0. The van der Waals surface area contributed by atoms with E-state index < -0.39 is 5.91 Å². The Bertz CT molecular complexity index is 1300. The second-order valence-electron chi connectivity index (χ2n) is 8.04. The molecular weight excluding hydrogens is 442 g/mol. The number of ether oxygens (including phenoxy) is 2. The molecule has 0 saturated carbocycles. The van der Waals surface area contributed by atoms with Gasteiger partial charge in [-0.2, -0.15) is 5.26 Å². The van der Waals surface area contributed by atoms with Gasteiger partial charge in [0, 0.05) is 11.4 Å². The van der Waals surface area contributed by atoms with Crippen LogP contribution < -0.4 is 20.1 Å². The van der Waals surface area contributed by atoms with Crippen LogP contribution in [0, 0.1) is 32.1 Å². The number of nitriles is 1. The quantitative estimate of drug-likeness (QED) is 0.350. The van der Waals surface area contributed by atoms with E-state index in [-0.39, 0.29) is 18.1 Å². The van der Waals surface area contributed by atoms with Gasteiger partial charge in [-0.05, 0) is 79.9 Å². The Morgan fingerprint density at radius 1 is 0.886 bits per heavy atom. The molecule has 7 heteroatoms. The highest BCUT2D eigenvalue weighted by molar-refractivity contribution is 6.09. The predicted molar refractivity (Wildman–Crippen MR) is 136 cm³/mol. The van der Waals surface area contributed by atoms with Crippen molar-refractivity contribution in [2.24, 2.45) is 0 Å². The van der Waals surface area contributed by atoms with Crippen LogP contribution in [0.4, 0.5) is 11.4 Å². The van der Waals surface area contributed by atoms with E-state index >= 15 is 0 Å². The second-order valence-corrected chi connectivity index (χ2v) is 8.04. The van der Waals surface area contributed by atoms with Crippen LogP contribution >= 0.6 is 0 Å². The van der Waals surface area contributed by atoms with Crippen molar-refractivity contribution in [3.8, 4) is 17.6 Å². The molecule has 0 aliphatic rings. The summed E-state index contributed by atoms with van der Waals surface area (Å²) in [7, 11) is 1.47. The predicted octanol–water partition coefficient (Wildman–Crippen LogP) is 5.18. The Morgan fingerprint density at radius 3 is 2.26 bits per heavy atom. The number of nitrogens with zero attached hydrogens (tertiary/aromatic N) is 1. The molecule has 0 saturated heterocycles. The number of benzene rings is 3. The Hall–Kier alpha value is -4.57. The molecule has 0 radical (unpaired) electrons. The lowest BCUT2D eigenvalue weighted by Gasteiger charge is -2.12. The first-order chi connectivity index (χ1) is 16.8. The van der Waals surface area contributed by atoms with Gasteiger partial charge in [0.15, 0.2) is 18.1 Å². The Morgan fingerprint density at radius 2 is 1.60 bits per heavy atom. The Labute approximate surface area is 205 Å². The van der Waals surface area contributed by atoms with E-state index in [1.54, 1.807) is 30.3 Å². The maximum absolute atomic E-state index is 12.5. The topological polar surface area (TPSA) is 100 Å². The van der Waals surface area contributed by atoms with Gasteiger partial charge in [0.25, 0.3) is 11.8 Å². The van der Waals surface area contributed by atoms with Crippen LogP contribution in [-0.2, 0) is 9.59 Å². The van der Waals surface area contributed by atoms with Gasteiger partial charge in [-0.3, -0.25) is 9.59 Å². The van der Waals surface area contributed by atoms with E-state index in [0.29, 0.717) is 28.4 Å². The summed E-state index contributed by atoms with van der Waals surface area (Å²) in [4.78, 5) is 24.8. The number of nitrogens with one attached hydrogen (secondary N) is 2. The van der Waals surface area contributed by atoms with Crippen molar-refractivity contribution in [1.82, 2.24) is 0 Å². The van der Waals surface area contributed by atoms with Gasteiger partial charge >= 0.3 is 0 Å². The van der Waals surface area contributed by atoms with Crippen molar-refractivity contribution in [3.05, 3.63) is 88.5 Å². The number of carbonyl (C=O) groups is 2. The smallest absolute Gasteiger partial charge is 0.266 e. The zero-order chi connectivity index (χ0) is 25.4. The lowest BCUT2D eigenvalue weighted by molar-refractivity contribution is -0.118. The van der Waals surface area contributed by atoms with Crippen molar-refractivity contribution in [3.63, 3.8) is 0 Å². The summed E-state index contributed by atoms with van der Waals surface area (Å²) in [6.45, 7) is 5.72. The van der Waals surface area contributed by atoms with Gasteiger partial charge in [-0.1, -0.05) is 29.8 Å². The van der Waals surface area contributed by atoms with Crippen LogP contribution in [0.2, 0.25) is 0 Å². The Balaban J connectivity index is 1.67. The van der Waals surface area contributed by atoms with Crippen LogP contribution in [-0.4, -0.2) is 25.5 Å². The molecule has 178 valence electrons. The first-order valence-corrected chi connectivity index (χ1v) is 11.0. The van der Waals surface area contributed by atoms with Gasteiger partial charge in [0.1, 0.15) is 11.6 Å². The first kappa shape index (κ1) is 25.1. The molecule has 0 atom stereocenters. The van der Waals surface area contributed by atoms with Crippen molar-refractivity contribution in [1.29, 1.82) is 5.26 Å². The summed E-state index contributed by atoms with van der Waals surface area (Å²) in [6, 6.07) is 19.8. The minimum absolute atomic E-state index is 0.0611. The Kier molecular flexibility index (Phi) is 8.25. The third-order valence-electron chi connectivity index (χ3n) is 5.32. The minimum Gasteiger partial charge on any atom is -0.493 e. The third kappa shape index (κ3) is 6.95. The lowest BCUT2D eigenvalue weighted by atomic mass is 10.1. The summed E-state index contributed by atoms with van der Waals surface area (Å²) in [5.41, 5.74) is 5.10. The third-order valence-corrected chi connectivity index (χ3v) is 5.32. The summed E-state index contributed by atoms with van der Waals surface area (Å²) < 4.78 is 11.0. The molecule has 3 aromatic rings. The van der Waals surface area contributed by atoms with E-state index in [1.165, 1.54) is 13.2 Å². The van der Waals surface area contributed by atoms with Crippen LogP contribution in [0.1, 0.15) is 22.3 Å². The highest BCUT2D eigenvalue weighted by atomic mass is 16.5. The lowest BCUT2D eigenvalue weighted by Crippen LogP contribution is -2.20. The largest absolute Gasteiger partial charge is 0.493 e. The average Bonchev–Trinajstić information content (AvgIpc) is 2.85. The fourth-order valence-corrected chi connectivity index (χ4v) is 3.20. The second kappa shape index (κ2) is 11.5. The highest BCUT2D eigenvalue weighted by Crippen LogP contribution is 2.29. The molecule has 0 unspecified atom stereocenters. The number of anilines is 2. The molecule has 7 nitrogen and oxygen atoms in total. The number of hydrogen-bond donors (Lipinski definition) is 2. The standard InChI is InChI=1S/C28H27N3O4/c1-18-5-9-23(10-6-18)31-28(33)22(16-29)14-21-8-12-25(26(15-21)34-4)35-17-27(32)30-24-11-7-19(2)20(3)13-24/h5-15H,17H2,1-4H3,(H,30,32)(H,31,33)/b22-14-. The molecule has 0 spiro atoms. The maximum atomic E-state index is 12.5. The number of amides is 2. The van der Waals surface area contributed by atoms with Crippen LogP contribution in [0.15, 0.2) is 66.2 Å². The molecule has 3 aromatic carbocycles. The molecule has 0 aliphatic heterocycles. The summed E-state index contributed by atoms with van der Waals surface area (Å²) >= 11 is 0. The normalized spacial score (nSPS) is 10.8. The van der Waals surface area contributed by atoms with Crippen LogP contribution in [0.3, 0.4) is 0 Å². The van der Waals surface area contributed by atoms with Crippen molar-refractivity contribution in [2.45, 2.75) is 20.8 Å².